The molecule has 1 aromatic rings. The number of likely N-dealkylation sites (N-methyl/N-ethyl adjacent to an activating group) is 1. The van der Waals surface area contributed by atoms with Gasteiger partial charge in [-0.3, -0.25) is 9.89 Å². The van der Waals surface area contributed by atoms with Crippen molar-refractivity contribution in [3.05, 3.63) is 29.8 Å². The maximum Gasteiger partial charge on any atom is 0.191 e. The number of hydrogen-bond acceptors (Lipinski definition) is 5. The molecule has 1 aliphatic rings. The molecule has 1 aromatic carbocycles. The first kappa shape index (κ1) is 23.4. The van der Waals surface area contributed by atoms with Crippen LogP contribution in [-0.2, 0) is 4.74 Å². The highest BCUT2D eigenvalue weighted by atomic mass is 16.5. The van der Waals surface area contributed by atoms with Crippen LogP contribution >= 0.6 is 0 Å². The Bertz CT molecular complexity index is 612. The third-order valence-corrected chi connectivity index (χ3v) is 5.57. The predicted molar refractivity (Wildman–Crippen MR) is 120 cm³/mol. The van der Waals surface area contributed by atoms with Gasteiger partial charge in [0.05, 0.1) is 26.4 Å². The van der Waals surface area contributed by atoms with Crippen LogP contribution in [0, 0.1) is 5.92 Å². The molecule has 0 amide bonds. The first-order valence-electron chi connectivity index (χ1n) is 10.5. The topological polar surface area (TPSA) is 61.4 Å². The molecule has 0 bridgehead atoms. The lowest BCUT2D eigenvalue weighted by molar-refractivity contribution is 0.00752. The molecule has 0 spiro atoms. The third kappa shape index (κ3) is 7.17. The molecule has 1 fully saturated rings. The lowest BCUT2D eigenvalue weighted by atomic mass is 10.0. The summed E-state index contributed by atoms with van der Waals surface area (Å²) < 4.78 is 10.8. The Morgan fingerprint density at radius 3 is 2.28 bits per heavy atom. The maximum atomic E-state index is 5.51. The number of nitrogens with zero attached hydrogens (tertiary/aromatic N) is 3. The summed E-state index contributed by atoms with van der Waals surface area (Å²) >= 11 is 0. The zero-order valence-corrected chi connectivity index (χ0v) is 18.9. The van der Waals surface area contributed by atoms with Crippen LogP contribution in [-0.4, -0.2) is 89.4 Å². The van der Waals surface area contributed by atoms with E-state index in [1.54, 1.807) is 7.11 Å². The molecule has 2 rings (SSSR count). The number of hydrogen-bond donors (Lipinski definition) is 2. The van der Waals surface area contributed by atoms with E-state index in [0.29, 0.717) is 12.0 Å². The second kappa shape index (κ2) is 12.0. The van der Waals surface area contributed by atoms with Gasteiger partial charge in [-0.25, -0.2) is 0 Å². The minimum atomic E-state index is 0.236. The van der Waals surface area contributed by atoms with E-state index in [9.17, 15) is 0 Å². The van der Waals surface area contributed by atoms with Gasteiger partial charge < -0.3 is 25.0 Å². The Balaban J connectivity index is 1.92. The summed E-state index contributed by atoms with van der Waals surface area (Å²) in [5, 5.41) is 7.03. The van der Waals surface area contributed by atoms with E-state index < -0.39 is 0 Å². The molecule has 7 nitrogen and oxygen atoms in total. The van der Waals surface area contributed by atoms with Crippen molar-refractivity contribution in [3.8, 4) is 5.75 Å². The fraction of sp³-hybridized carbons (Fsp3) is 0.682. The number of benzene rings is 1. The number of morpholine rings is 1. The Labute approximate surface area is 176 Å². The molecule has 0 saturated carbocycles. The van der Waals surface area contributed by atoms with Crippen molar-refractivity contribution in [2.75, 3.05) is 67.6 Å². The zero-order valence-electron chi connectivity index (χ0n) is 18.9. The lowest BCUT2D eigenvalue weighted by Gasteiger charge is -2.37. The number of aliphatic imine (C=N–C) groups is 1. The number of nitrogens with one attached hydrogen (secondary N) is 2. The fourth-order valence-corrected chi connectivity index (χ4v) is 3.74. The SMILES string of the molecule is CN=C(NCC(c1ccc(OC)cc1)N(C)C)NCC(C(C)C)N1CCOCC1. The monoisotopic (exact) mass is 405 g/mol. The highest BCUT2D eigenvalue weighted by Crippen LogP contribution is 2.20. The number of rotatable bonds is 9. The second-order valence-electron chi connectivity index (χ2n) is 8.05. The molecule has 2 unspecified atom stereocenters. The Morgan fingerprint density at radius 1 is 1.14 bits per heavy atom. The van der Waals surface area contributed by atoms with E-state index in [1.807, 2.05) is 19.2 Å². The van der Waals surface area contributed by atoms with Crippen molar-refractivity contribution in [1.82, 2.24) is 20.4 Å². The molecule has 0 aliphatic carbocycles. The molecular weight excluding hydrogens is 366 g/mol. The number of methoxy groups -OCH3 is 1. The van der Waals surface area contributed by atoms with Gasteiger partial charge in [-0.05, 0) is 37.7 Å². The first-order valence-corrected chi connectivity index (χ1v) is 10.5. The van der Waals surface area contributed by atoms with Gasteiger partial charge in [-0.15, -0.1) is 0 Å². The van der Waals surface area contributed by atoms with Gasteiger partial charge in [0.15, 0.2) is 5.96 Å². The third-order valence-electron chi connectivity index (χ3n) is 5.57. The van der Waals surface area contributed by atoms with Gasteiger partial charge in [0, 0.05) is 39.3 Å². The summed E-state index contributed by atoms with van der Waals surface area (Å²) in [6, 6.07) is 8.95. The number of ether oxygens (including phenoxy) is 2. The van der Waals surface area contributed by atoms with Gasteiger partial charge in [-0.2, -0.15) is 0 Å². The predicted octanol–water partition coefficient (Wildman–Crippen LogP) is 1.82. The van der Waals surface area contributed by atoms with E-state index in [2.05, 4.69) is 65.5 Å². The van der Waals surface area contributed by atoms with E-state index in [1.165, 1.54) is 5.56 Å². The highest BCUT2D eigenvalue weighted by molar-refractivity contribution is 5.79. The van der Waals surface area contributed by atoms with Crippen LogP contribution in [0.3, 0.4) is 0 Å². The molecule has 1 heterocycles. The summed E-state index contributed by atoms with van der Waals surface area (Å²) in [5.74, 6) is 2.27. The van der Waals surface area contributed by atoms with Gasteiger partial charge in [-0.1, -0.05) is 26.0 Å². The van der Waals surface area contributed by atoms with Crippen LogP contribution in [0.4, 0.5) is 0 Å². The molecule has 2 N–H and O–H groups in total. The van der Waals surface area contributed by atoms with E-state index >= 15 is 0 Å². The van der Waals surface area contributed by atoms with Crippen molar-refractivity contribution in [2.45, 2.75) is 25.9 Å². The largest absolute Gasteiger partial charge is 0.497 e. The minimum absolute atomic E-state index is 0.236. The molecule has 2 atom stereocenters. The normalized spacial score (nSPS) is 18.0. The van der Waals surface area contributed by atoms with Gasteiger partial charge in [0.25, 0.3) is 0 Å². The van der Waals surface area contributed by atoms with Crippen molar-refractivity contribution in [2.24, 2.45) is 10.9 Å². The Kier molecular flexibility index (Phi) is 9.70. The van der Waals surface area contributed by atoms with Crippen LogP contribution < -0.4 is 15.4 Å². The van der Waals surface area contributed by atoms with E-state index in [-0.39, 0.29) is 6.04 Å². The molecule has 0 aromatic heterocycles. The molecule has 7 heteroatoms. The quantitative estimate of drug-likeness (QED) is 0.483. The van der Waals surface area contributed by atoms with Crippen molar-refractivity contribution < 1.29 is 9.47 Å². The Morgan fingerprint density at radius 2 is 1.76 bits per heavy atom. The standard InChI is InChI=1S/C22H39N5O2/c1-17(2)20(27-11-13-29-14-12-27)15-24-22(23-3)25-16-21(26(4)5)18-7-9-19(28-6)10-8-18/h7-10,17,20-21H,11-16H2,1-6H3,(H2,23,24,25). The molecule has 1 saturated heterocycles. The van der Waals surface area contributed by atoms with Gasteiger partial charge in [0.1, 0.15) is 5.75 Å². The van der Waals surface area contributed by atoms with E-state index in [0.717, 1.165) is 51.1 Å². The molecule has 164 valence electrons. The summed E-state index contributed by atoms with van der Waals surface area (Å²) in [6.45, 7) is 9.83. The lowest BCUT2D eigenvalue weighted by Crippen LogP contribution is -2.53. The number of guanidine groups is 1. The summed E-state index contributed by atoms with van der Waals surface area (Å²) in [5.41, 5.74) is 1.24. The molecule has 1 aliphatic heterocycles. The second-order valence-corrected chi connectivity index (χ2v) is 8.05. The van der Waals surface area contributed by atoms with E-state index in [4.69, 9.17) is 9.47 Å². The molecule has 0 radical (unpaired) electrons. The summed E-state index contributed by atoms with van der Waals surface area (Å²) in [7, 11) is 7.71. The van der Waals surface area contributed by atoms with Crippen LogP contribution in [0.5, 0.6) is 5.75 Å². The van der Waals surface area contributed by atoms with Crippen molar-refractivity contribution in [3.63, 3.8) is 0 Å². The first-order chi connectivity index (χ1) is 14.0. The highest BCUT2D eigenvalue weighted by Gasteiger charge is 2.24. The average molecular weight is 406 g/mol. The van der Waals surface area contributed by atoms with Crippen LogP contribution in [0.25, 0.3) is 0 Å². The maximum absolute atomic E-state index is 5.51. The Hall–Kier alpha value is -1.83. The van der Waals surface area contributed by atoms with Crippen molar-refractivity contribution in [1.29, 1.82) is 0 Å². The van der Waals surface area contributed by atoms with Gasteiger partial charge in [0.2, 0.25) is 0 Å². The summed E-state index contributed by atoms with van der Waals surface area (Å²) in [4.78, 5) is 9.17. The van der Waals surface area contributed by atoms with Gasteiger partial charge >= 0.3 is 0 Å². The van der Waals surface area contributed by atoms with Crippen LogP contribution in [0.2, 0.25) is 0 Å². The average Bonchev–Trinajstić information content (AvgIpc) is 2.73. The summed E-state index contributed by atoms with van der Waals surface area (Å²) in [6.07, 6.45) is 0. The van der Waals surface area contributed by atoms with Crippen LogP contribution in [0.1, 0.15) is 25.5 Å². The van der Waals surface area contributed by atoms with Crippen molar-refractivity contribution >= 4 is 5.96 Å². The smallest absolute Gasteiger partial charge is 0.191 e. The molecular formula is C22H39N5O2. The zero-order chi connectivity index (χ0) is 21.2. The van der Waals surface area contributed by atoms with Crippen LogP contribution in [0.15, 0.2) is 29.3 Å². The molecule has 29 heavy (non-hydrogen) atoms. The fourth-order valence-electron chi connectivity index (χ4n) is 3.74. The minimum Gasteiger partial charge on any atom is -0.497 e.